The second-order valence-corrected chi connectivity index (χ2v) is 10.9. The normalized spacial score (nSPS) is 18.6. The molecule has 42 heavy (non-hydrogen) atoms. The van der Waals surface area contributed by atoms with E-state index in [1.54, 1.807) is 0 Å². The molecule has 2 fully saturated rings. The Bertz CT molecular complexity index is 1250. The zero-order valence-corrected chi connectivity index (χ0v) is 27.5. The van der Waals surface area contributed by atoms with Crippen LogP contribution in [0.5, 0.6) is 0 Å². The van der Waals surface area contributed by atoms with Crippen LogP contribution in [0.1, 0.15) is 38.5 Å². The van der Waals surface area contributed by atoms with Gasteiger partial charge in [-0.1, -0.05) is 0 Å². The van der Waals surface area contributed by atoms with Gasteiger partial charge in [-0.25, -0.2) is 26.4 Å². The molecule has 24 heteroatoms. The summed E-state index contributed by atoms with van der Waals surface area (Å²) >= 11 is 0. The van der Waals surface area contributed by atoms with Gasteiger partial charge in [0, 0.05) is 0 Å². The van der Waals surface area contributed by atoms with E-state index in [1.165, 1.54) is 0 Å². The number of ether oxygens (including phenoxy) is 2. The molecule has 0 aromatic carbocycles. The van der Waals surface area contributed by atoms with Crippen LogP contribution in [0.2, 0.25) is 0 Å². The van der Waals surface area contributed by atoms with Gasteiger partial charge in [0.05, 0.1) is 38.5 Å². The quantitative estimate of drug-likeness (QED) is 0.0582. The molecule has 20 nitrogen and oxygen atoms in total. The number of hydrogen-bond acceptors (Lipinski definition) is 18. The van der Waals surface area contributed by atoms with Gasteiger partial charge < -0.3 is 28.3 Å². The molecule has 2 saturated heterocycles. The van der Waals surface area contributed by atoms with Gasteiger partial charge in [0.15, 0.2) is 0 Å². The van der Waals surface area contributed by atoms with Crippen molar-refractivity contribution in [1.82, 2.24) is 10.1 Å². The first kappa shape index (κ1) is 40.0. The molecule has 2 heterocycles. The third kappa shape index (κ3) is 11.6. The molecular weight excluding hydrogens is 642 g/mol. The van der Waals surface area contributed by atoms with Crippen molar-refractivity contribution >= 4 is 67.7 Å². The zero-order valence-electron chi connectivity index (χ0n) is 21.9. The van der Waals surface area contributed by atoms with Crippen molar-refractivity contribution in [2.75, 3.05) is 13.2 Å². The Kier molecular flexibility index (Phi) is 15.9. The first-order chi connectivity index (χ1) is 18.4. The van der Waals surface area contributed by atoms with Crippen LogP contribution in [0.3, 0.4) is 0 Å². The van der Waals surface area contributed by atoms with Crippen LogP contribution in [0.15, 0.2) is 0 Å². The van der Waals surface area contributed by atoms with Gasteiger partial charge in [0.25, 0.3) is 23.6 Å². The summed E-state index contributed by atoms with van der Waals surface area (Å²) in [5.74, 6) is -10.2. The summed E-state index contributed by atoms with van der Waals surface area (Å²) < 4.78 is 74.9. The summed E-state index contributed by atoms with van der Waals surface area (Å²) in [6.45, 7) is -1.03. The molecule has 2 unspecified atom stereocenters. The predicted octanol–water partition coefficient (Wildman–Crippen LogP) is -10.1. The Hall–Kier alpha value is -2.02. The van der Waals surface area contributed by atoms with E-state index in [0.717, 1.165) is 0 Å². The number of carbonyl (C=O) groups excluding carboxylic acids is 8. The van der Waals surface area contributed by atoms with Gasteiger partial charge in [0.2, 0.25) is 0 Å². The van der Waals surface area contributed by atoms with Crippen molar-refractivity contribution in [3.05, 3.63) is 0 Å². The van der Waals surface area contributed by atoms with E-state index in [2.05, 4.69) is 19.1 Å². The molecule has 4 amide bonds. The molecule has 0 aromatic heterocycles. The van der Waals surface area contributed by atoms with Crippen molar-refractivity contribution in [3.8, 4) is 0 Å². The summed E-state index contributed by atoms with van der Waals surface area (Å²) in [5, 5.41) is -4.83. The minimum Gasteiger partial charge on any atom is -0.747 e. The summed E-state index contributed by atoms with van der Waals surface area (Å²) in [6, 6.07) is 0. The van der Waals surface area contributed by atoms with Gasteiger partial charge >= 0.3 is 83.0 Å². The number of imide groups is 2. The number of carbonyl (C=O) groups is 8. The average molecular weight is 660 g/mol. The Morgan fingerprint density at radius 1 is 0.619 bits per heavy atom. The molecule has 222 valence electrons. The summed E-state index contributed by atoms with van der Waals surface area (Å²) in [4.78, 5) is 102. The van der Waals surface area contributed by atoms with Crippen LogP contribution in [-0.4, -0.2) is 107 Å². The third-order valence-electron chi connectivity index (χ3n) is 4.88. The molecule has 0 radical (unpaired) electrons. The molecule has 2 aliphatic heterocycles. The molecule has 0 N–H and O–H groups in total. The van der Waals surface area contributed by atoms with Gasteiger partial charge in [-0.15, -0.1) is 10.1 Å². The molecule has 2 aliphatic rings. The molecule has 2 atom stereocenters. The van der Waals surface area contributed by atoms with E-state index >= 15 is 0 Å². The molecule has 0 aliphatic carbocycles. The van der Waals surface area contributed by atoms with Crippen molar-refractivity contribution in [1.29, 1.82) is 0 Å². The number of amides is 4. The van der Waals surface area contributed by atoms with Crippen LogP contribution in [0, 0.1) is 0 Å². The SMILES string of the molecule is O=C(CCC(=O)ON1C(=O)CC(S(=O)(=O)[O-])C1=O)OCCOC(=O)CCC(=O)ON1C(=O)CC(S(=O)(=O)[O-])C1=O.[Na+].[Na+]. The summed E-state index contributed by atoms with van der Waals surface area (Å²) in [6.07, 6.45) is -4.74. The van der Waals surface area contributed by atoms with Crippen molar-refractivity contribution in [2.45, 2.75) is 49.0 Å². The number of hydrogen-bond donors (Lipinski definition) is 0. The van der Waals surface area contributed by atoms with E-state index in [0.29, 0.717) is 0 Å². The fourth-order valence-electron chi connectivity index (χ4n) is 2.97. The Morgan fingerprint density at radius 2 is 0.905 bits per heavy atom. The predicted molar refractivity (Wildman–Crippen MR) is 112 cm³/mol. The maximum atomic E-state index is 11.7. The van der Waals surface area contributed by atoms with E-state index in [4.69, 9.17) is 0 Å². The van der Waals surface area contributed by atoms with Gasteiger partial charge in [0.1, 0.15) is 43.9 Å². The molecular formula is C18H18N2Na2O18S2. The monoisotopic (exact) mass is 660 g/mol. The van der Waals surface area contributed by atoms with Crippen LogP contribution in [0.25, 0.3) is 0 Å². The van der Waals surface area contributed by atoms with Crippen molar-refractivity contribution in [2.24, 2.45) is 0 Å². The molecule has 0 bridgehead atoms. The van der Waals surface area contributed by atoms with Crippen molar-refractivity contribution < 1.29 is 143 Å². The fraction of sp³-hybridized carbons (Fsp3) is 0.556. The number of hydroxylamine groups is 4. The van der Waals surface area contributed by atoms with E-state index in [1.807, 2.05) is 0 Å². The van der Waals surface area contributed by atoms with E-state index in [-0.39, 0.29) is 69.2 Å². The second kappa shape index (κ2) is 16.7. The van der Waals surface area contributed by atoms with E-state index in [9.17, 15) is 64.3 Å². The first-order valence-corrected chi connectivity index (χ1v) is 13.7. The second-order valence-electron chi connectivity index (χ2n) is 7.79. The number of nitrogens with zero attached hydrogens (tertiary/aromatic N) is 2. The topological polar surface area (TPSA) is 294 Å². The van der Waals surface area contributed by atoms with Gasteiger partial charge in [-0.2, -0.15) is 0 Å². The van der Waals surface area contributed by atoms with Crippen LogP contribution >= 0.6 is 0 Å². The fourth-order valence-corrected chi connectivity index (χ4v) is 4.35. The Morgan fingerprint density at radius 3 is 1.17 bits per heavy atom. The maximum Gasteiger partial charge on any atom is 1.00 e. The Labute approximate surface area is 280 Å². The molecule has 0 aromatic rings. The zero-order chi connectivity index (χ0) is 30.4. The number of esters is 2. The molecule has 2 rings (SSSR count). The van der Waals surface area contributed by atoms with Crippen LogP contribution < -0.4 is 59.1 Å². The molecule has 0 saturated carbocycles. The summed E-state index contributed by atoms with van der Waals surface area (Å²) in [7, 11) is -10.3. The van der Waals surface area contributed by atoms with Crippen LogP contribution in [0.4, 0.5) is 0 Å². The van der Waals surface area contributed by atoms with Crippen molar-refractivity contribution in [3.63, 3.8) is 0 Å². The Balaban J connectivity index is 0.00000840. The third-order valence-corrected chi connectivity index (χ3v) is 7.01. The smallest absolute Gasteiger partial charge is 0.747 e. The maximum absolute atomic E-state index is 11.7. The largest absolute Gasteiger partial charge is 1.00 e. The number of rotatable bonds is 13. The summed E-state index contributed by atoms with van der Waals surface area (Å²) in [5.41, 5.74) is 0. The van der Waals surface area contributed by atoms with Gasteiger partial charge in [-0.05, 0) is 0 Å². The average Bonchev–Trinajstić information content (AvgIpc) is 3.29. The molecule has 0 spiro atoms. The minimum atomic E-state index is -5.16. The van der Waals surface area contributed by atoms with Crippen LogP contribution in [-0.2, 0) is 77.7 Å². The standard InChI is InChI=1S/C18H20N2O18S2.2Na/c21-11-7-9(39(29,30)31)17(27)19(11)37-15(25)3-1-13(23)35-5-6-36-14(24)2-4-16(26)38-20-12(22)8-10(18(20)28)40(32,33)34;;/h9-10H,1-8H2,(H,29,30,31)(H,32,33,34);;/q;2*+1/p-2. The first-order valence-electron chi connectivity index (χ1n) is 10.8. The minimum absolute atomic E-state index is 0. The van der Waals surface area contributed by atoms with Gasteiger partial charge in [-0.3, -0.25) is 28.8 Å². The van der Waals surface area contributed by atoms with E-state index < -0.39 is 130 Å².